The molecule has 1 aliphatic rings. The highest BCUT2D eigenvalue weighted by atomic mass is 32.1. The highest BCUT2D eigenvalue weighted by Gasteiger charge is 2.35. The van der Waals surface area contributed by atoms with Crippen LogP contribution in [0.4, 0.5) is 0 Å². The van der Waals surface area contributed by atoms with E-state index in [2.05, 4.69) is 0 Å². The van der Waals surface area contributed by atoms with Gasteiger partial charge in [-0.2, -0.15) is 0 Å². The zero-order chi connectivity index (χ0) is 29.1. The van der Waals surface area contributed by atoms with Gasteiger partial charge < -0.3 is 18.9 Å². The Morgan fingerprint density at radius 1 is 1.00 bits per heavy atom. The highest BCUT2D eigenvalue weighted by molar-refractivity contribution is 7.07. The van der Waals surface area contributed by atoms with Crippen molar-refractivity contribution in [1.29, 1.82) is 0 Å². The summed E-state index contributed by atoms with van der Waals surface area (Å²) >= 11 is 1.28. The first kappa shape index (κ1) is 28.3. The molecule has 0 saturated heterocycles. The number of thiazole rings is 1. The third kappa shape index (κ3) is 5.55. The lowest BCUT2D eigenvalue weighted by molar-refractivity contribution is -0.140. The summed E-state index contributed by atoms with van der Waals surface area (Å²) in [4.78, 5) is 32.8. The number of rotatable bonds is 9. The fourth-order valence-electron chi connectivity index (χ4n) is 4.98. The number of nitrogens with zero attached hydrogens (tertiary/aromatic N) is 2. The van der Waals surface area contributed by atoms with E-state index in [9.17, 15) is 9.59 Å². The molecular formula is C32H32N2O6S. The minimum absolute atomic E-state index is 0.0813. The molecule has 0 amide bonds. The third-order valence-electron chi connectivity index (χ3n) is 6.76. The molecule has 0 radical (unpaired) electrons. The Morgan fingerprint density at radius 2 is 1.73 bits per heavy atom. The number of para-hydroxylation sites is 1. The summed E-state index contributed by atoms with van der Waals surface area (Å²) in [5, 5.41) is 1.91. The number of methoxy groups -OCH3 is 2. The van der Waals surface area contributed by atoms with Crippen molar-refractivity contribution in [2.45, 2.75) is 32.9 Å². The molecule has 3 aromatic carbocycles. The first-order valence-corrected chi connectivity index (χ1v) is 14.2. The second-order valence-corrected chi connectivity index (χ2v) is 10.8. The molecule has 5 rings (SSSR count). The van der Waals surface area contributed by atoms with Crippen LogP contribution < -0.4 is 24.4 Å². The van der Waals surface area contributed by atoms with E-state index in [0.717, 1.165) is 22.1 Å². The van der Waals surface area contributed by atoms with Crippen LogP contribution in [0.5, 0.6) is 11.5 Å². The normalized spacial score (nSPS) is 15.2. The van der Waals surface area contributed by atoms with Crippen LogP contribution in [-0.4, -0.2) is 44.1 Å². The van der Waals surface area contributed by atoms with Crippen LogP contribution in [0, 0.1) is 0 Å². The Bertz CT molecular complexity index is 1820. The van der Waals surface area contributed by atoms with E-state index in [1.54, 1.807) is 18.6 Å². The molecule has 2 heterocycles. The van der Waals surface area contributed by atoms with Crippen LogP contribution in [0.1, 0.15) is 37.9 Å². The minimum Gasteiger partial charge on any atom is -0.496 e. The summed E-state index contributed by atoms with van der Waals surface area (Å²) in [6.45, 7) is 5.97. The smallest absolute Gasteiger partial charge is 0.338 e. The van der Waals surface area contributed by atoms with Crippen molar-refractivity contribution < 1.29 is 23.7 Å². The standard InChI is InChI=1S/C32H32N2O6S/c1-19(2)40-26-13-9-8-12-24(26)29-28(31(36)39-17-16-37-4)20(3)33-32-34(29)30(35)27(41-32)18-21-14-15-25(38-5)23-11-7-6-10-22(21)23/h6-15,18-19,29H,16-17H2,1-5H3/b27-18+/t29-/m0/s1. The number of carbonyl (C=O) groups is 1. The molecule has 0 bridgehead atoms. The minimum atomic E-state index is -0.786. The van der Waals surface area contributed by atoms with Gasteiger partial charge in [-0.25, -0.2) is 9.79 Å². The van der Waals surface area contributed by atoms with E-state index in [-0.39, 0.29) is 30.5 Å². The Kier molecular flexibility index (Phi) is 8.37. The number of carbonyl (C=O) groups excluding carboxylic acids is 1. The zero-order valence-corrected chi connectivity index (χ0v) is 24.5. The van der Waals surface area contributed by atoms with Gasteiger partial charge in [0.25, 0.3) is 5.56 Å². The number of esters is 1. The van der Waals surface area contributed by atoms with Crippen molar-refractivity contribution in [3.63, 3.8) is 0 Å². The lowest BCUT2D eigenvalue weighted by Crippen LogP contribution is -2.40. The average Bonchev–Trinajstić information content (AvgIpc) is 3.26. The lowest BCUT2D eigenvalue weighted by atomic mass is 9.95. The summed E-state index contributed by atoms with van der Waals surface area (Å²) in [6.07, 6.45) is 1.76. The summed E-state index contributed by atoms with van der Waals surface area (Å²) in [5.41, 5.74) is 2.07. The van der Waals surface area contributed by atoms with Gasteiger partial charge in [0.15, 0.2) is 4.80 Å². The number of aromatic nitrogens is 1. The summed E-state index contributed by atoms with van der Waals surface area (Å²) in [5.74, 6) is 0.788. The van der Waals surface area contributed by atoms with E-state index in [1.165, 1.54) is 18.4 Å². The van der Waals surface area contributed by atoms with Gasteiger partial charge in [-0.3, -0.25) is 9.36 Å². The third-order valence-corrected chi connectivity index (χ3v) is 7.75. The van der Waals surface area contributed by atoms with Gasteiger partial charge in [-0.1, -0.05) is 59.9 Å². The lowest BCUT2D eigenvalue weighted by Gasteiger charge is -2.27. The van der Waals surface area contributed by atoms with E-state index < -0.39 is 12.0 Å². The SMILES string of the molecule is COCCOC(=O)C1=C(C)N=c2s/c(=C/c3ccc(OC)c4ccccc34)c(=O)n2[C@H]1c1ccccc1OC(C)C. The summed E-state index contributed by atoms with van der Waals surface area (Å²) in [6, 6.07) is 18.4. The van der Waals surface area contributed by atoms with Gasteiger partial charge in [0.1, 0.15) is 24.1 Å². The highest BCUT2D eigenvalue weighted by Crippen LogP contribution is 2.36. The zero-order valence-electron chi connectivity index (χ0n) is 23.7. The Hall–Kier alpha value is -4.21. The van der Waals surface area contributed by atoms with Crippen LogP contribution in [0.15, 0.2) is 81.7 Å². The van der Waals surface area contributed by atoms with Crippen molar-refractivity contribution in [2.24, 2.45) is 4.99 Å². The fraction of sp³-hybridized carbons (Fsp3) is 0.281. The van der Waals surface area contributed by atoms with Crippen molar-refractivity contribution in [3.8, 4) is 11.5 Å². The maximum atomic E-state index is 14.2. The fourth-order valence-corrected chi connectivity index (χ4v) is 6.02. The van der Waals surface area contributed by atoms with Crippen LogP contribution in [-0.2, 0) is 14.3 Å². The predicted molar refractivity (Wildman–Crippen MR) is 159 cm³/mol. The molecule has 9 heteroatoms. The number of benzene rings is 3. The van der Waals surface area contributed by atoms with Crippen LogP contribution in [0.2, 0.25) is 0 Å². The molecule has 0 aliphatic carbocycles. The summed E-state index contributed by atoms with van der Waals surface area (Å²) < 4.78 is 24.3. The average molecular weight is 573 g/mol. The van der Waals surface area contributed by atoms with E-state index in [0.29, 0.717) is 26.3 Å². The van der Waals surface area contributed by atoms with Crippen LogP contribution in [0.25, 0.3) is 16.8 Å². The number of ether oxygens (including phenoxy) is 4. The Labute approximate surface area is 241 Å². The van der Waals surface area contributed by atoms with Gasteiger partial charge in [0.05, 0.1) is 35.6 Å². The molecule has 0 spiro atoms. The number of fused-ring (bicyclic) bond motifs is 2. The van der Waals surface area contributed by atoms with Crippen molar-refractivity contribution >= 4 is 34.2 Å². The quantitative estimate of drug-likeness (QED) is 0.219. The second kappa shape index (κ2) is 12.1. The van der Waals surface area contributed by atoms with Gasteiger partial charge in [-0.15, -0.1) is 0 Å². The Morgan fingerprint density at radius 3 is 2.46 bits per heavy atom. The maximum Gasteiger partial charge on any atom is 0.338 e. The van der Waals surface area contributed by atoms with Gasteiger partial charge in [0, 0.05) is 18.1 Å². The molecule has 0 N–H and O–H groups in total. The Balaban J connectivity index is 1.73. The molecule has 1 atom stereocenters. The topological polar surface area (TPSA) is 88.4 Å². The van der Waals surface area contributed by atoms with E-state index in [4.69, 9.17) is 23.9 Å². The molecule has 0 fully saturated rings. The van der Waals surface area contributed by atoms with Crippen LogP contribution in [0.3, 0.4) is 0 Å². The predicted octanol–water partition coefficient (Wildman–Crippen LogP) is 4.37. The second-order valence-electron chi connectivity index (χ2n) is 9.82. The van der Waals surface area contributed by atoms with Crippen LogP contribution >= 0.6 is 11.3 Å². The maximum absolute atomic E-state index is 14.2. The first-order valence-electron chi connectivity index (χ1n) is 13.3. The molecule has 1 aromatic heterocycles. The molecule has 8 nitrogen and oxygen atoms in total. The number of allylic oxidation sites excluding steroid dienone is 1. The largest absolute Gasteiger partial charge is 0.496 e. The molecule has 1 aliphatic heterocycles. The van der Waals surface area contributed by atoms with Crippen molar-refractivity contribution in [3.05, 3.63) is 103 Å². The van der Waals surface area contributed by atoms with E-state index in [1.807, 2.05) is 80.6 Å². The first-order chi connectivity index (χ1) is 19.8. The molecule has 4 aromatic rings. The number of hydrogen-bond donors (Lipinski definition) is 0. The molecule has 212 valence electrons. The van der Waals surface area contributed by atoms with Gasteiger partial charge >= 0.3 is 5.97 Å². The number of hydrogen-bond acceptors (Lipinski definition) is 8. The van der Waals surface area contributed by atoms with Gasteiger partial charge in [-0.05, 0) is 49.9 Å². The molecule has 0 saturated carbocycles. The van der Waals surface area contributed by atoms with E-state index >= 15 is 0 Å². The molecule has 41 heavy (non-hydrogen) atoms. The molecule has 0 unspecified atom stereocenters. The van der Waals surface area contributed by atoms with Gasteiger partial charge in [0.2, 0.25) is 0 Å². The van der Waals surface area contributed by atoms with Crippen molar-refractivity contribution in [2.75, 3.05) is 27.4 Å². The monoisotopic (exact) mass is 572 g/mol. The summed E-state index contributed by atoms with van der Waals surface area (Å²) in [7, 11) is 3.18. The van der Waals surface area contributed by atoms with Crippen molar-refractivity contribution in [1.82, 2.24) is 4.57 Å². The molecular weight excluding hydrogens is 540 g/mol.